The summed E-state index contributed by atoms with van der Waals surface area (Å²) in [5.74, 6) is 1.05. The molecule has 0 aliphatic carbocycles. The van der Waals surface area contributed by atoms with Crippen molar-refractivity contribution >= 4 is 5.84 Å². The molecule has 0 heterocycles. The van der Waals surface area contributed by atoms with Gasteiger partial charge < -0.3 is 5.32 Å². The monoisotopic (exact) mass is 170 g/mol. The second-order valence-electron chi connectivity index (χ2n) is 3.20. The first-order valence-electron chi connectivity index (χ1n) is 4.94. The fraction of sp³-hybridized carbons (Fsp3) is 0.900. The number of amidine groups is 1. The van der Waals surface area contributed by atoms with E-state index in [4.69, 9.17) is 0 Å². The summed E-state index contributed by atoms with van der Waals surface area (Å²) in [6.07, 6.45) is 5.04. The fourth-order valence-corrected chi connectivity index (χ4v) is 1.19. The van der Waals surface area contributed by atoms with Gasteiger partial charge in [0, 0.05) is 13.1 Å². The number of aliphatic imine (C=N–C) groups is 1. The van der Waals surface area contributed by atoms with Crippen LogP contribution in [0.25, 0.3) is 0 Å². The minimum atomic E-state index is 0.619. The van der Waals surface area contributed by atoms with Crippen LogP contribution in [0.2, 0.25) is 0 Å². The number of rotatable bonds is 5. The van der Waals surface area contributed by atoms with Crippen molar-refractivity contribution < 1.29 is 0 Å². The van der Waals surface area contributed by atoms with Crippen molar-refractivity contribution in [2.75, 3.05) is 7.05 Å². The second-order valence-corrected chi connectivity index (χ2v) is 3.20. The average molecular weight is 170 g/mol. The summed E-state index contributed by atoms with van der Waals surface area (Å²) in [5, 5.41) is 3.40. The highest BCUT2D eigenvalue weighted by molar-refractivity contribution is 5.79. The summed E-state index contributed by atoms with van der Waals surface area (Å²) in [6, 6.07) is 0.619. The lowest BCUT2D eigenvalue weighted by Crippen LogP contribution is -2.32. The van der Waals surface area contributed by atoms with Gasteiger partial charge in [-0.3, -0.25) is 4.99 Å². The SMILES string of the molecule is CCCCC(CC)NC(C)=NC. The number of nitrogens with one attached hydrogen (secondary N) is 1. The quantitative estimate of drug-likeness (QED) is 0.498. The van der Waals surface area contributed by atoms with Gasteiger partial charge in [0.05, 0.1) is 5.84 Å². The predicted molar refractivity (Wildman–Crippen MR) is 55.8 cm³/mol. The molecule has 0 bridgehead atoms. The Morgan fingerprint density at radius 2 is 2.08 bits per heavy atom. The van der Waals surface area contributed by atoms with E-state index in [0.717, 1.165) is 5.84 Å². The van der Waals surface area contributed by atoms with E-state index in [9.17, 15) is 0 Å². The number of hydrogen-bond acceptors (Lipinski definition) is 1. The standard InChI is InChI=1S/C10H22N2/c1-5-7-8-10(6-2)12-9(3)11-4/h10H,5-8H2,1-4H3,(H,11,12). The summed E-state index contributed by atoms with van der Waals surface area (Å²) in [5.41, 5.74) is 0. The van der Waals surface area contributed by atoms with Crippen molar-refractivity contribution in [3.05, 3.63) is 0 Å². The van der Waals surface area contributed by atoms with E-state index >= 15 is 0 Å². The molecule has 0 aliphatic heterocycles. The highest BCUT2D eigenvalue weighted by Gasteiger charge is 2.04. The molecule has 0 rings (SSSR count). The molecule has 0 amide bonds. The molecule has 0 aliphatic rings. The van der Waals surface area contributed by atoms with Crippen molar-refractivity contribution in [1.82, 2.24) is 5.32 Å². The van der Waals surface area contributed by atoms with E-state index in [1.165, 1.54) is 25.7 Å². The lowest BCUT2D eigenvalue weighted by molar-refractivity contribution is 0.518. The summed E-state index contributed by atoms with van der Waals surface area (Å²) >= 11 is 0. The van der Waals surface area contributed by atoms with Crippen LogP contribution in [0.4, 0.5) is 0 Å². The Morgan fingerprint density at radius 1 is 1.42 bits per heavy atom. The van der Waals surface area contributed by atoms with Crippen LogP contribution in [0.3, 0.4) is 0 Å². The molecule has 0 saturated carbocycles. The fourth-order valence-electron chi connectivity index (χ4n) is 1.19. The molecule has 12 heavy (non-hydrogen) atoms. The van der Waals surface area contributed by atoms with Gasteiger partial charge in [-0.25, -0.2) is 0 Å². The molecule has 0 aromatic carbocycles. The maximum absolute atomic E-state index is 4.09. The zero-order valence-corrected chi connectivity index (χ0v) is 8.85. The van der Waals surface area contributed by atoms with E-state index in [0.29, 0.717) is 6.04 Å². The first-order valence-corrected chi connectivity index (χ1v) is 4.94. The van der Waals surface area contributed by atoms with Crippen LogP contribution >= 0.6 is 0 Å². The molecule has 0 aromatic heterocycles. The Morgan fingerprint density at radius 3 is 2.50 bits per heavy atom. The van der Waals surface area contributed by atoms with Gasteiger partial charge >= 0.3 is 0 Å². The van der Waals surface area contributed by atoms with Gasteiger partial charge in [-0.05, 0) is 19.8 Å². The summed E-state index contributed by atoms with van der Waals surface area (Å²) in [4.78, 5) is 4.09. The first-order chi connectivity index (χ1) is 5.74. The van der Waals surface area contributed by atoms with E-state index < -0.39 is 0 Å². The molecule has 0 spiro atoms. The van der Waals surface area contributed by atoms with Crippen LogP contribution in [0.1, 0.15) is 46.5 Å². The molecular formula is C10H22N2. The minimum Gasteiger partial charge on any atom is -0.371 e. The number of unbranched alkanes of at least 4 members (excludes halogenated alkanes) is 1. The van der Waals surface area contributed by atoms with Crippen molar-refractivity contribution in [3.8, 4) is 0 Å². The molecule has 0 aromatic rings. The zero-order valence-electron chi connectivity index (χ0n) is 8.85. The maximum Gasteiger partial charge on any atom is 0.0930 e. The maximum atomic E-state index is 4.09. The molecule has 0 fully saturated rings. The predicted octanol–water partition coefficient (Wildman–Crippen LogP) is 2.59. The van der Waals surface area contributed by atoms with Crippen molar-refractivity contribution in [1.29, 1.82) is 0 Å². The lowest BCUT2D eigenvalue weighted by Gasteiger charge is -2.16. The molecular weight excluding hydrogens is 148 g/mol. The van der Waals surface area contributed by atoms with Crippen LogP contribution in [0.5, 0.6) is 0 Å². The Labute approximate surface area is 76.5 Å². The third-order valence-corrected chi connectivity index (χ3v) is 2.15. The molecule has 2 nitrogen and oxygen atoms in total. The van der Waals surface area contributed by atoms with Gasteiger partial charge in [-0.1, -0.05) is 26.7 Å². The second kappa shape index (κ2) is 7.14. The Hall–Kier alpha value is -0.530. The highest BCUT2D eigenvalue weighted by atomic mass is 15.0. The van der Waals surface area contributed by atoms with Gasteiger partial charge in [0.15, 0.2) is 0 Å². The average Bonchev–Trinajstić information content (AvgIpc) is 2.11. The normalized spacial score (nSPS) is 14.5. The number of hydrogen-bond donors (Lipinski definition) is 1. The molecule has 2 heteroatoms. The molecule has 0 radical (unpaired) electrons. The van der Waals surface area contributed by atoms with Crippen LogP contribution < -0.4 is 5.32 Å². The number of nitrogens with zero attached hydrogens (tertiary/aromatic N) is 1. The lowest BCUT2D eigenvalue weighted by atomic mass is 10.1. The molecule has 1 N–H and O–H groups in total. The van der Waals surface area contributed by atoms with Crippen LogP contribution in [0.15, 0.2) is 4.99 Å². The van der Waals surface area contributed by atoms with Crippen molar-refractivity contribution in [2.24, 2.45) is 4.99 Å². The van der Waals surface area contributed by atoms with Crippen LogP contribution in [-0.4, -0.2) is 18.9 Å². The van der Waals surface area contributed by atoms with Gasteiger partial charge in [-0.2, -0.15) is 0 Å². The summed E-state index contributed by atoms with van der Waals surface area (Å²) < 4.78 is 0. The Kier molecular flexibility index (Phi) is 6.82. The Bertz CT molecular complexity index is 130. The third-order valence-electron chi connectivity index (χ3n) is 2.15. The Balaban J connectivity index is 3.67. The third kappa shape index (κ3) is 5.16. The molecule has 0 saturated heterocycles. The van der Waals surface area contributed by atoms with Crippen LogP contribution in [0, 0.1) is 0 Å². The van der Waals surface area contributed by atoms with E-state index in [1.807, 2.05) is 14.0 Å². The molecule has 1 unspecified atom stereocenters. The first kappa shape index (κ1) is 11.5. The topological polar surface area (TPSA) is 24.4 Å². The smallest absolute Gasteiger partial charge is 0.0930 e. The summed E-state index contributed by atoms with van der Waals surface area (Å²) in [7, 11) is 1.83. The zero-order chi connectivity index (χ0) is 9.40. The van der Waals surface area contributed by atoms with E-state index in [2.05, 4.69) is 24.2 Å². The summed E-state index contributed by atoms with van der Waals surface area (Å²) in [6.45, 7) is 6.47. The largest absolute Gasteiger partial charge is 0.371 e. The van der Waals surface area contributed by atoms with Gasteiger partial charge in [0.1, 0.15) is 0 Å². The van der Waals surface area contributed by atoms with Gasteiger partial charge in [0.2, 0.25) is 0 Å². The molecule has 1 atom stereocenters. The van der Waals surface area contributed by atoms with Gasteiger partial charge in [0.25, 0.3) is 0 Å². The van der Waals surface area contributed by atoms with Crippen molar-refractivity contribution in [2.45, 2.75) is 52.5 Å². The van der Waals surface area contributed by atoms with Gasteiger partial charge in [-0.15, -0.1) is 0 Å². The molecule has 72 valence electrons. The van der Waals surface area contributed by atoms with E-state index in [-0.39, 0.29) is 0 Å². The minimum absolute atomic E-state index is 0.619. The van der Waals surface area contributed by atoms with E-state index in [1.54, 1.807) is 0 Å². The van der Waals surface area contributed by atoms with Crippen molar-refractivity contribution in [3.63, 3.8) is 0 Å². The van der Waals surface area contributed by atoms with Crippen LogP contribution in [-0.2, 0) is 0 Å². The highest BCUT2D eigenvalue weighted by Crippen LogP contribution is 2.03.